The van der Waals surface area contributed by atoms with Gasteiger partial charge in [0.15, 0.2) is 11.8 Å². The maximum atomic E-state index is 6.33. The average Bonchev–Trinajstić information content (AvgIpc) is 3.35. The molecule has 0 saturated heterocycles. The predicted molar refractivity (Wildman–Crippen MR) is 121 cm³/mol. The molecular formula is C23H36N6O. The number of hydrogen-bond acceptors (Lipinski definition) is 4. The molecule has 164 valence electrons. The van der Waals surface area contributed by atoms with Gasteiger partial charge in [-0.1, -0.05) is 25.5 Å². The third kappa shape index (κ3) is 6.21. The van der Waals surface area contributed by atoms with E-state index in [4.69, 9.17) is 9.73 Å². The topological polar surface area (TPSA) is 76.4 Å². The van der Waals surface area contributed by atoms with Crippen LogP contribution in [0.2, 0.25) is 0 Å². The maximum absolute atomic E-state index is 6.33. The lowest BCUT2D eigenvalue weighted by Crippen LogP contribution is -2.38. The van der Waals surface area contributed by atoms with Crippen molar-refractivity contribution in [3.05, 3.63) is 41.0 Å². The summed E-state index contributed by atoms with van der Waals surface area (Å²) in [5.41, 5.74) is 2.34. The highest BCUT2D eigenvalue weighted by atomic mass is 16.5. The van der Waals surface area contributed by atoms with Crippen LogP contribution < -0.4 is 15.4 Å². The molecule has 0 spiro atoms. The first-order chi connectivity index (χ1) is 14.6. The van der Waals surface area contributed by atoms with E-state index in [1.54, 1.807) is 0 Å². The molecule has 0 radical (unpaired) electrons. The molecule has 1 fully saturated rings. The maximum Gasteiger partial charge on any atom is 0.191 e. The molecule has 3 rings (SSSR count). The molecule has 2 N–H and O–H groups in total. The Morgan fingerprint density at radius 1 is 1.20 bits per heavy atom. The van der Waals surface area contributed by atoms with E-state index in [0.717, 1.165) is 61.1 Å². The zero-order valence-corrected chi connectivity index (χ0v) is 18.9. The van der Waals surface area contributed by atoms with E-state index in [2.05, 4.69) is 52.9 Å². The normalized spacial score (nSPS) is 14.9. The molecule has 1 aromatic heterocycles. The van der Waals surface area contributed by atoms with E-state index in [1.165, 1.54) is 18.4 Å². The summed E-state index contributed by atoms with van der Waals surface area (Å²) in [6, 6.07) is 6.41. The lowest BCUT2D eigenvalue weighted by Gasteiger charge is -2.17. The Bertz CT molecular complexity index is 838. The van der Waals surface area contributed by atoms with E-state index in [1.807, 2.05) is 18.5 Å². The zero-order chi connectivity index (χ0) is 21.3. The quantitative estimate of drug-likeness (QED) is 0.372. The lowest BCUT2D eigenvalue weighted by atomic mass is 10.1. The molecular weight excluding hydrogens is 376 g/mol. The van der Waals surface area contributed by atoms with Crippen LogP contribution in [0, 0.1) is 13.8 Å². The monoisotopic (exact) mass is 412 g/mol. The second-order valence-corrected chi connectivity index (χ2v) is 8.16. The largest absolute Gasteiger partial charge is 0.490 e. The molecule has 0 amide bonds. The van der Waals surface area contributed by atoms with E-state index >= 15 is 0 Å². The minimum absolute atomic E-state index is 0.342. The fraction of sp³-hybridized carbons (Fsp3) is 0.609. The van der Waals surface area contributed by atoms with Crippen molar-refractivity contribution in [2.75, 3.05) is 6.54 Å². The number of benzene rings is 1. The number of rotatable bonds is 9. The number of unbranched alkanes of at least 4 members (excludes halogenated alkanes) is 1. The Balaban J connectivity index is 1.69. The summed E-state index contributed by atoms with van der Waals surface area (Å²) < 4.78 is 8.32. The van der Waals surface area contributed by atoms with Crippen molar-refractivity contribution in [2.24, 2.45) is 12.0 Å². The Hall–Kier alpha value is -2.57. The van der Waals surface area contributed by atoms with Crippen molar-refractivity contribution >= 4 is 5.96 Å². The Morgan fingerprint density at radius 2 is 2.00 bits per heavy atom. The second kappa shape index (κ2) is 11.0. The smallest absolute Gasteiger partial charge is 0.191 e. The third-order valence-electron chi connectivity index (χ3n) is 5.65. The summed E-state index contributed by atoms with van der Waals surface area (Å²) in [7, 11) is 1.98. The minimum Gasteiger partial charge on any atom is -0.490 e. The molecule has 7 nitrogen and oxygen atoms in total. The third-order valence-corrected chi connectivity index (χ3v) is 5.65. The van der Waals surface area contributed by atoms with Crippen LogP contribution in [-0.2, 0) is 20.1 Å². The van der Waals surface area contributed by atoms with Crippen LogP contribution in [0.3, 0.4) is 0 Å². The first-order valence-electron chi connectivity index (χ1n) is 11.2. The summed E-state index contributed by atoms with van der Waals surface area (Å²) in [4.78, 5) is 4.84. The van der Waals surface area contributed by atoms with Gasteiger partial charge in [-0.25, -0.2) is 4.99 Å². The van der Waals surface area contributed by atoms with Gasteiger partial charge in [0.2, 0.25) is 0 Å². The standard InChI is InChI=1S/C23H36N6O/c1-5-6-13-24-23(26-16-22-28-27-18(3)29(22)4)25-15-19-12-11-17(2)14-21(19)30-20-9-7-8-10-20/h11-12,14,20H,5-10,13,15-16H2,1-4H3,(H2,24,25,26). The van der Waals surface area contributed by atoms with Crippen LogP contribution in [0.15, 0.2) is 23.2 Å². The Labute approximate surface area is 180 Å². The second-order valence-electron chi connectivity index (χ2n) is 8.16. The highest BCUT2D eigenvalue weighted by molar-refractivity contribution is 5.79. The molecule has 1 saturated carbocycles. The summed E-state index contributed by atoms with van der Waals surface area (Å²) in [6.45, 7) is 8.29. The Morgan fingerprint density at radius 3 is 2.70 bits per heavy atom. The van der Waals surface area contributed by atoms with E-state index in [0.29, 0.717) is 19.2 Å². The SMILES string of the molecule is CCCCNC(=NCc1ccc(C)cc1OC1CCCC1)NCc1nnc(C)n1C. The number of ether oxygens (including phenoxy) is 1. The number of hydrogen-bond donors (Lipinski definition) is 2. The summed E-state index contributed by atoms with van der Waals surface area (Å²) in [5.74, 6) is 3.55. The van der Waals surface area contributed by atoms with Gasteiger partial charge in [-0.05, 0) is 57.6 Å². The number of aliphatic imine (C=N–C) groups is 1. The number of guanidine groups is 1. The highest BCUT2D eigenvalue weighted by Gasteiger charge is 2.18. The van der Waals surface area contributed by atoms with Crippen LogP contribution in [-0.4, -0.2) is 33.4 Å². The van der Waals surface area contributed by atoms with Gasteiger partial charge in [-0.2, -0.15) is 0 Å². The van der Waals surface area contributed by atoms with Crippen molar-refractivity contribution in [3.63, 3.8) is 0 Å². The van der Waals surface area contributed by atoms with Crippen molar-refractivity contribution < 1.29 is 4.74 Å². The van der Waals surface area contributed by atoms with E-state index in [-0.39, 0.29) is 0 Å². The molecule has 0 unspecified atom stereocenters. The first kappa shape index (κ1) is 22.1. The van der Waals surface area contributed by atoms with Crippen molar-refractivity contribution in [1.29, 1.82) is 0 Å². The first-order valence-corrected chi connectivity index (χ1v) is 11.2. The van der Waals surface area contributed by atoms with Gasteiger partial charge in [0.05, 0.1) is 19.2 Å². The minimum atomic E-state index is 0.342. The van der Waals surface area contributed by atoms with Gasteiger partial charge in [-0.3, -0.25) is 0 Å². The van der Waals surface area contributed by atoms with Crippen LogP contribution in [0.5, 0.6) is 5.75 Å². The van der Waals surface area contributed by atoms with Gasteiger partial charge in [-0.15, -0.1) is 10.2 Å². The molecule has 1 aliphatic carbocycles. The molecule has 1 aromatic carbocycles. The molecule has 7 heteroatoms. The van der Waals surface area contributed by atoms with Crippen LogP contribution >= 0.6 is 0 Å². The summed E-state index contributed by atoms with van der Waals surface area (Å²) in [6.07, 6.45) is 7.42. The highest BCUT2D eigenvalue weighted by Crippen LogP contribution is 2.28. The number of nitrogens with zero attached hydrogens (tertiary/aromatic N) is 4. The summed E-state index contributed by atoms with van der Waals surface area (Å²) in [5, 5.41) is 15.2. The molecule has 30 heavy (non-hydrogen) atoms. The van der Waals surface area contributed by atoms with Crippen LogP contribution in [0.1, 0.15) is 68.2 Å². The van der Waals surface area contributed by atoms with E-state index in [9.17, 15) is 0 Å². The molecule has 0 aliphatic heterocycles. The predicted octanol–water partition coefficient (Wildman–Crippen LogP) is 3.79. The van der Waals surface area contributed by atoms with Crippen molar-refractivity contribution in [1.82, 2.24) is 25.4 Å². The van der Waals surface area contributed by atoms with E-state index < -0.39 is 0 Å². The van der Waals surface area contributed by atoms with Crippen LogP contribution in [0.25, 0.3) is 0 Å². The van der Waals surface area contributed by atoms with Gasteiger partial charge in [0, 0.05) is 19.2 Å². The molecule has 1 heterocycles. The molecule has 0 bridgehead atoms. The van der Waals surface area contributed by atoms with Gasteiger partial charge in [0.1, 0.15) is 11.6 Å². The van der Waals surface area contributed by atoms with Crippen molar-refractivity contribution in [3.8, 4) is 5.75 Å². The van der Waals surface area contributed by atoms with Gasteiger partial charge in [0.25, 0.3) is 0 Å². The number of nitrogens with one attached hydrogen (secondary N) is 2. The van der Waals surface area contributed by atoms with Crippen LogP contribution in [0.4, 0.5) is 0 Å². The zero-order valence-electron chi connectivity index (χ0n) is 18.9. The average molecular weight is 413 g/mol. The number of aromatic nitrogens is 3. The fourth-order valence-corrected chi connectivity index (χ4v) is 3.58. The number of aryl methyl sites for hydroxylation is 2. The fourth-order valence-electron chi connectivity index (χ4n) is 3.58. The Kier molecular flexibility index (Phi) is 8.11. The molecule has 0 atom stereocenters. The summed E-state index contributed by atoms with van der Waals surface area (Å²) >= 11 is 0. The van der Waals surface area contributed by atoms with Gasteiger partial charge >= 0.3 is 0 Å². The van der Waals surface area contributed by atoms with Gasteiger partial charge < -0.3 is 19.9 Å². The lowest BCUT2D eigenvalue weighted by molar-refractivity contribution is 0.208. The van der Waals surface area contributed by atoms with Crippen molar-refractivity contribution in [2.45, 2.75) is 78.5 Å². The molecule has 1 aliphatic rings. The molecule has 2 aromatic rings.